The van der Waals surface area contributed by atoms with Crippen molar-refractivity contribution in [3.05, 3.63) is 65.7 Å². The topological polar surface area (TPSA) is 87.9 Å². The Morgan fingerprint density at radius 2 is 1.96 bits per heavy atom. The lowest BCUT2D eigenvalue weighted by Gasteiger charge is -2.16. The van der Waals surface area contributed by atoms with Crippen LogP contribution in [0.4, 0.5) is 0 Å². The average Bonchev–Trinajstić information content (AvgIpc) is 3.18. The molecule has 0 aromatic heterocycles. The first-order valence-corrected chi connectivity index (χ1v) is 8.53. The van der Waals surface area contributed by atoms with Crippen LogP contribution in [-0.4, -0.2) is 31.2 Å². The van der Waals surface area contributed by atoms with Crippen molar-refractivity contribution in [3.63, 3.8) is 0 Å². The maximum atomic E-state index is 12.4. The maximum Gasteiger partial charge on any atom is 0.339 e. The summed E-state index contributed by atoms with van der Waals surface area (Å²) < 4.78 is 16.5. The molecule has 2 atom stereocenters. The van der Waals surface area contributed by atoms with Crippen LogP contribution in [-0.2, 0) is 14.3 Å². The van der Waals surface area contributed by atoms with Gasteiger partial charge in [0, 0.05) is 12.2 Å². The van der Waals surface area contributed by atoms with Crippen molar-refractivity contribution in [2.24, 2.45) is 5.73 Å². The molecule has 6 heteroatoms. The number of carbonyl (C=O) groups is 2. The zero-order chi connectivity index (χ0) is 18.4. The molecule has 0 bridgehead atoms. The maximum absolute atomic E-state index is 12.4. The van der Waals surface area contributed by atoms with Gasteiger partial charge < -0.3 is 19.9 Å². The van der Waals surface area contributed by atoms with Crippen LogP contribution in [0.15, 0.2) is 54.6 Å². The fourth-order valence-corrected chi connectivity index (χ4v) is 2.77. The van der Waals surface area contributed by atoms with Crippen molar-refractivity contribution in [3.8, 4) is 5.75 Å². The van der Waals surface area contributed by atoms with Gasteiger partial charge in [-0.05, 0) is 31.0 Å². The predicted molar refractivity (Wildman–Crippen MR) is 94.7 cm³/mol. The summed E-state index contributed by atoms with van der Waals surface area (Å²) in [6.45, 7) is 1.20. The molecule has 1 saturated heterocycles. The molecule has 3 rings (SSSR count). The fourth-order valence-electron chi connectivity index (χ4n) is 2.77. The van der Waals surface area contributed by atoms with Crippen LogP contribution in [0.2, 0.25) is 0 Å². The first kappa shape index (κ1) is 17.9. The Hall–Kier alpha value is -2.86. The minimum Gasteiger partial charge on any atom is -0.491 e. The summed E-state index contributed by atoms with van der Waals surface area (Å²) in [5.74, 6) is -0.819. The van der Waals surface area contributed by atoms with Gasteiger partial charge in [-0.2, -0.15) is 0 Å². The lowest BCUT2D eigenvalue weighted by molar-refractivity contribution is -0.127. The summed E-state index contributed by atoms with van der Waals surface area (Å²) in [6.07, 6.45) is 0.955. The molecule has 136 valence electrons. The Balaban J connectivity index is 1.66. The molecule has 0 radical (unpaired) electrons. The van der Waals surface area contributed by atoms with E-state index in [1.54, 1.807) is 54.6 Å². The van der Waals surface area contributed by atoms with E-state index in [0.717, 1.165) is 19.4 Å². The van der Waals surface area contributed by atoms with Gasteiger partial charge in [-0.3, -0.25) is 4.79 Å². The summed E-state index contributed by atoms with van der Waals surface area (Å²) in [7, 11) is 0. The Morgan fingerprint density at radius 3 is 2.65 bits per heavy atom. The summed E-state index contributed by atoms with van der Waals surface area (Å²) >= 11 is 0. The number of ether oxygens (including phenoxy) is 3. The summed E-state index contributed by atoms with van der Waals surface area (Å²) in [6, 6.07) is 15.3. The van der Waals surface area contributed by atoms with Crippen molar-refractivity contribution in [2.45, 2.75) is 25.0 Å². The van der Waals surface area contributed by atoms with E-state index in [1.165, 1.54) is 0 Å². The van der Waals surface area contributed by atoms with Crippen LogP contribution in [0, 0.1) is 0 Å². The molecule has 1 aliphatic heterocycles. The number of carbonyl (C=O) groups excluding carboxylic acids is 2. The lowest BCUT2D eigenvalue weighted by Crippen LogP contribution is -2.26. The zero-order valence-corrected chi connectivity index (χ0v) is 14.3. The van der Waals surface area contributed by atoms with E-state index in [9.17, 15) is 9.59 Å². The van der Waals surface area contributed by atoms with Gasteiger partial charge in [0.2, 0.25) is 6.10 Å². The van der Waals surface area contributed by atoms with E-state index in [2.05, 4.69) is 0 Å². The van der Waals surface area contributed by atoms with Gasteiger partial charge in [0.15, 0.2) is 0 Å². The number of hydrogen-bond donors (Lipinski definition) is 1. The molecule has 2 aromatic carbocycles. The number of amides is 1. The van der Waals surface area contributed by atoms with Gasteiger partial charge >= 0.3 is 5.97 Å². The van der Waals surface area contributed by atoms with Gasteiger partial charge in [-0.1, -0.05) is 36.4 Å². The van der Waals surface area contributed by atoms with E-state index >= 15 is 0 Å². The van der Waals surface area contributed by atoms with Gasteiger partial charge in [-0.25, -0.2) is 4.79 Å². The summed E-state index contributed by atoms with van der Waals surface area (Å²) in [5.41, 5.74) is 6.20. The molecule has 0 aliphatic carbocycles. The van der Waals surface area contributed by atoms with Gasteiger partial charge in [0.05, 0.1) is 11.7 Å². The van der Waals surface area contributed by atoms with E-state index in [1.807, 2.05) is 0 Å². The fraction of sp³-hybridized carbons (Fsp3) is 0.300. The van der Waals surface area contributed by atoms with Crippen LogP contribution in [0.5, 0.6) is 5.75 Å². The molecule has 26 heavy (non-hydrogen) atoms. The zero-order valence-electron chi connectivity index (χ0n) is 14.3. The highest BCUT2D eigenvalue weighted by Gasteiger charge is 2.23. The summed E-state index contributed by atoms with van der Waals surface area (Å²) in [5, 5.41) is 0. The van der Waals surface area contributed by atoms with Crippen molar-refractivity contribution in [2.75, 3.05) is 13.2 Å². The van der Waals surface area contributed by atoms with Crippen molar-refractivity contribution in [1.82, 2.24) is 0 Å². The molecule has 1 fully saturated rings. The highest BCUT2D eigenvalue weighted by Crippen LogP contribution is 2.21. The quantitative estimate of drug-likeness (QED) is 0.772. The smallest absolute Gasteiger partial charge is 0.339 e. The highest BCUT2D eigenvalue weighted by atomic mass is 16.5. The second kappa shape index (κ2) is 8.49. The first-order valence-electron chi connectivity index (χ1n) is 8.53. The Kier molecular flexibility index (Phi) is 5.86. The number of hydrogen-bond acceptors (Lipinski definition) is 5. The molecule has 2 N–H and O–H groups in total. The van der Waals surface area contributed by atoms with Crippen molar-refractivity contribution >= 4 is 11.9 Å². The monoisotopic (exact) mass is 355 g/mol. The molecule has 0 unspecified atom stereocenters. The van der Waals surface area contributed by atoms with E-state index in [-0.39, 0.29) is 11.7 Å². The molecule has 0 spiro atoms. The second-order valence-electron chi connectivity index (χ2n) is 6.07. The summed E-state index contributed by atoms with van der Waals surface area (Å²) in [4.78, 5) is 24.1. The number of nitrogens with two attached hydrogens (primary N) is 1. The minimum absolute atomic E-state index is 0.0860. The highest BCUT2D eigenvalue weighted by molar-refractivity contribution is 5.92. The van der Waals surface area contributed by atoms with Crippen LogP contribution >= 0.6 is 0 Å². The molecule has 1 heterocycles. The molecular weight excluding hydrogens is 334 g/mol. The normalized spacial score (nSPS) is 17.5. The largest absolute Gasteiger partial charge is 0.491 e. The molecule has 2 aromatic rings. The van der Waals surface area contributed by atoms with Crippen LogP contribution < -0.4 is 10.5 Å². The molecule has 0 saturated carbocycles. The van der Waals surface area contributed by atoms with Gasteiger partial charge in [0.1, 0.15) is 12.4 Å². The minimum atomic E-state index is -1.14. The van der Waals surface area contributed by atoms with E-state index in [4.69, 9.17) is 19.9 Å². The third-order valence-electron chi connectivity index (χ3n) is 4.12. The van der Waals surface area contributed by atoms with Crippen LogP contribution in [0.25, 0.3) is 0 Å². The Morgan fingerprint density at radius 1 is 1.15 bits per heavy atom. The second-order valence-corrected chi connectivity index (χ2v) is 6.07. The van der Waals surface area contributed by atoms with Crippen molar-refractivity contribution in [1.29, 1.82) is 0 Å². The van der Waals surface area contributed by atoms with Crippen molar-refractivity contribution < 1.29 is 23.8 Å². The van der Waals surface area contributed by atoms with Crippen LogP contribution in [0.3, 0.4) is 0 Å². The first-order chi connectivity index (χ1) is 12.6. The predicted octanol–water partition coefficient (Wildman–Crippen LogP) is 2.63. The van der Waals surface area contributed by atoms with E-state index in [0.29, 0.717) is 17.9 Å². The molecule has 1 amide bonds. The molecule has 6 nitrogen and oxygen atoms in total. The van der Waals surface area contributed by atoms with Crippen LogP contribution in [0.1, 0.15) is 34.9 Å². The Labute approximate surface area is 151 Å². The lowest BCUT2D eigenvalue weighted by atomic mass is 10.1. The van der Waals surface area contributed by atoms with E-state index < -0.39 is 18.0 Å². The SMILES string of the molecule is NC(=O)[C@H](OC(=O)c1cccc(OC[C@H]2CCCO2)c1)c1ccccc1. The Bertz CT molecular complexity index is 756. The molecular formula is C20H21NO5. The number of esters is 1. The standard InChI is InChI=1S/C20H21NO5/c21-19(22)18(14-6-2-1-3-7-14)26-20(23)15-8-4-9-16(12-15)25-13-17-10-5-11-24-17/h1-4,6-9,12,17-18H,5,10-11,13H2,(H2,21,22)/t17-,18-/m1/s1. The number of rotatable bonds is 7. The van der Waals surface area contributed by atoms with Gasteiger partial charge in [0.25, 0.3) is 5.91 Å². The number of benzene rings is 2. The number of primary amides is 1. The third-order valence-corrected chi connectivity index (χ3v) is 4.12. The van der Waals surface area contributed by atoms with Gasteiger partial charge in [-0.15, -0.1) is 0 Å². The third kappa shape index (κ3) is 4.61. The molecule has 1 aliphatic rings. The average molecular weight is 355 g/mol.